The van der Waals surface area contributed by atoms with Crippen molar-refractivity contribution in [1.29, 1.82) is 0 Å². The van der Waals surface area contributed by atoms with Gasteiger partial charge in [0.05, 0.1) is 10.6 Å². The Bertz CT molecular complexity index is 399. The van der Waals surface area contributed by atoms with Gasteiger partial charge in [0.15, 0.2) is 0 Å². The summed E-state index contributed by atoms with van der Waals surface area (Å²) in [5.74, 6) is -0.240. The van der Waals surface area contributed by atoms with Crippen LogP contribution in [0.15, 0.2) is 22.7 Å². The lowest BCUT2D eigenvalue weighted by atomic mass is 10.1. The second-order valence-corrected chi connectivity index (χ2v) is 5.70. The first-order chi connectivity index (χ1) is 8.68. The van der Waals surface area contributed by atoms with Crippen LogP contribution in [0.4, 0.5) is 4.39 Å². The number of benzene rings is 1. The molecule has 1 aliphatic rings. The van der Waals surface area contributed by atoms with Crippen molar-refractivity contribution in [1.82, 2.24) is 5.32 Å². The number of rotatable bonds is 3. The molecular weight excluding hydrogens is 297 g/mol. The van der Waals surface area contributed by atoms with E-state index >= 15 is 0 Å². The molecule has 0 saturated heterocycles. The summed E-state index contributed by atoms with van der Waals surface area (Å²) >= 11 is 3.26. The van der Waals surface area contributed by atoms with Gasteiger partial charge in [-0.3, -0.25) is 0 Å². The Morgan fingerprint density at radius 3 is 2.89 bits per heavy atom. The molecule has 4 heteroatoms. The van der Waals surface area contributed by atoms with E-state index in [1.54, 1.807) is 6.07 Å². The lowest BCUT2D eigenvalue weighted by molar-refractivity contribution is 0.119. The number of nitrogens with one attached hydrogen (secondary N) is 1. The van der Waals surface area contributed by atoms with E-state index in [-0.39, 0.29) is 18.0 Å². The Balaban J connectivity index is 1.95. The summed E-state index contributed by atoms with van der Waals surface area (Å²) in [5.41, 5.74) is 0.895. The molecule has 1 aromatic rings. The molecule has 2 atom stereocenters. The zero-order chi connectivity index (χ0) is 13.0. The molecule has 2 N–H and O–H groups in total. The lowest BCUT2D eigenvalue weighted by Crippen LogP contribution is -2.38. The van der Waals surface area contributed by atoms with E-state index in [1.165, 1.54) is 12.5 Å². The first kappa shape index (κ1) is 14.0. The van der Waals surface area contributed by atoms with Crippen molar-refractivity contribution < 1.29 is 9.50 Å². The average Bonchev–Trinajstić information content (AvgIpc) is 2.56. The third kappa shape index (κ3) is 3.53. The standard InChI is InChI=1S/C14H19BrFNO/c15-14-10(5-4-6-11(14)16)9-17-12-7-2-1-3-8-13(12)18/h4-6,12-13,17-18H,1-3,7-9H2. The van der Waals surface area contributed by atoms with Crippen molar-refractivity contribution in [2.24, 2.45) is 0 Å². The number of aliphatic hydroxyl groups is 1. The van der Waals surface area contributed by atoms with Crippen LogP contribution in [0, 0.1) is 5.82 Å². The molecule has 0 amide bonds. The molecule has 2 unspecified atom stereocenters. The van der Waals surface area contributed by atoms with Crippen molar-refractivity contribution in [2.45, 2.75) is 50.8 Å². The molecule has 2 nitrogen and oxygen atoms in total. The fourth-order valence-electron chi connectivity index (χ4n) is 2.45. The number of hydrogen-bond donors (Lipinski definition) is 2. The van der Waals surface area contributed by atoms with Crippen LogP contribution in [-0.4, -0.2) is 17.3 Å². The van der Waals surface area contributed by atoms with Crippen molar-refractivity contribution >= 4 is 15.9 Å². The van der Waals surface area contributed by atoms with Crippen molar-refractivity contribution in [2.75, 3.05) is 0 Å². The first-order valence-electron chi connectivity index (χ1n) is 6.53. The molecule has 1 saturated carbocycles. The quantitative estimate of drug-likeness (QED) is 0.838. The van der Waals surface area contributed by atoms with Gasteiger partial charge in [0.1, 0.15) is 5.82 Å². The van der Waals surface area contributed by atoms with Crippen LogP contribution >= 0.6 is 15.9 Å². The first-order valence-corrected chi connectivity index (χ1v) is 7.32. The Morgan fingerprint density at radius 1 is 1.28 bits per heavy atom. The summed E-state index contributed by atoms with van der Waals surface area (Å²) in [5, 5.41) is 13.4. The van der Waals surface area contributed by atoms with Gasteiger partial charge in [0.2, 0.25) is 0 Å². The summed E-state index contributed by atoms with van der Waals surface area (Å²) < 4.78 is 13.9. The minimum absolute atomic E-state index is 0.127. The Morgan fingerprint density at radius 2 is 2.06 bits per heavy atom. The maximum absolute atomic E-state index is 13.4. The Kier molecular flexibility index (Phi) is 5.15. The highest BCUT2D eigenvalue weighted by atomic mass is 79.9. The summed E-state index contributed by atoms with van der Waals surface area (Å²) in [7, 11) is 0. The van der Waals surface area contributed by atoms with Gasteiger partial charge in [0, 0.05) is 12.6 Å². The van der Waals surface area contributed by atoms with Crippen LogP contribution in [0.2, 0.25) is 0 Å². The Hall–Kier alpha value is -0.450. The predicted octanol–water partition coefficient (Wildman–Crippen LogP) is 3.37. The SMILES string of the molecule is OC1CCCCCC1NCc1cccc(F)c1Br. The Labute approximate surface area is 116 Å². The molecular formula is C14H19BrFNO. The predicted molar refractivity (Wildman–Crippen MR) is 73.8 cm³/mol. The number of hydrogen-bond acceptors (Lipinski definition) is 2. The zero-order valence-electron chi connectivity index (χ0n) is 10.3. The minimum Gasteiger partial charge on any atom is -0.392 e. The molecule has 0 bridgehead atoms. The van der Waals surface area contributed by atoms with Gasteiger partial charge in [-0.15, -0.1) is 0 Å². The monoisotopic (exact) mass is 315 g/mol. The van der Waals surface area contributed by atoms with E-state index in [1.807, 2.05) is 6.07 Å². The number of aliphatic hydroxyl groups excluding tert-OH is 1. The minimum atomic E-state index is -0.278. The van der Waals surface area contributed by atoms with Gasteiger partial charge in [-0.25, -0.2) is 4.39 Å². The largest absolute Gasteiger partial charge is 0.392 e. The lowest BCUT2D eigenvalue weighted by Gasteiger charge is -2.22. The second kappa shape index (κ2) is 6.64. The zero-order valence-corrected chi connectivity index (χ0v) is 11.9. The third-order valence-electron chi connectivity index (χ3n) is 3.57. The van der Waals surface area contributed by atoms with Gasteiger partial charge >= 0.3 is 0 Å². The van der Waals surface area contributed by atoms with Crippen LogP contribution < -0.4 is 5.32 Å². The van der Waals surface area contributed by atoms with Crippen LogP contribution in [0.5, 0.6) is 0 Å². The van der Waals surface area contributed by atoms with Crippen molar-refractivity contribution in [3.05, 3.63) is 34.1 Å². The molecule has 1 aromatic carbocycles. The van der Waals surface area contributed by atoms with Gasteiger partial charge in [-0.05, 0) is 40.4 Å². The van der Waals surface area contributed by atoms with Gasteiger partial charge < -0.3 is 10.4 Å². The van der Waals surface area contributed by atoms with E-state index in [9.17, 15) is 9.50 Å². The molecule has 0 aromatic heterocycles. The number of halogens is 2. The second-order valence-electron chi connectivity index (χ2n) is 4.91. The molecule has 100 valence electrons. The molecule has 0 spiro atoms. The maximum Gasteiger partial charge on any atom is 0.137 e. The molecule has 2 rings (SSSR count). The molecule has 1 fully saturated rings. The maximum atomic E-state index is 13.4. The molecule has 1 aliphatic carbocycles. The molecule has 0 heterocycles. The van der Waals surface area contributed by atoms with E-state index < -0.39 is 0 Å². The van der Waals surface area contributed by atoms with Gasteiger partial charge in [-0.2, -0.15) is 0 Å². The molecule has 0 radical (unpaired) electrons. The van der Waals surface area contributed by atoms with Gasteiger partial charge in [0.25, 0.3) is 0 Å². The van der Waals surface area contributed by atoms with E-state index in [0.717, 1.165) is 31.2 Å². The van der Waals surface area contributed by atoms with Crippen LogP contribution in [0.25, 0.3) is 0 Å². The fraction of sp³-hybridized carbons (Fsp3) is 0.571. The summed E-state index contributed by atoms with van der Waals surface area (Å²) in [6.07, 6.45) is 5.02. The molecule has 0 aliphatic heterocycles. The summed E-state index contributed by atoms with van der Waals surface area (Å²) in [6.45, 7) is 0.583. The normalized spacial score (nSPS) is 24.8. The van der Waals surface area contributed by atoms with Crippen LogP contribution in [0.1, 0.15) is 37.7 Å². The smallest absolute Gasteiger partial charge is 0.137 e. The fourth-order valence-corrected chi connectivity index (χ4v) is 2.86. The van der Waals surface area contributed by atoms with Crippen molar-refractivity contribution in [3.8, 4) is 0 Å². The van der Waals surface area contributed by atoms with Crippen LogP contribution in [-0.2, 0) is 6.54 Å². The summed E-state index contributed by atoms with van der Waals surface area (Å²) in [4.78, 5) is 0. The highest BCUT2D eigenvalue weighted by molar-refractivity contribution is 9.10. The average molecular weight is 316 g/mol. The topological polar surface area (TPSA) is 32.3 Å². The van der Waals surface area contributed by atoms with Gasteiger partial charge in [-0.1, -0.05) is 31.4 Å². The van der Waals surface area contributed by atoms with E-state index in [4.69, 9.17) is 0 Å². The van der Waals surface area contributed by atoms with E-state index in [2.05, 4.69) is 21.2 Å². The third-order valence-corrected chi connectivity index (χ3v) is 4.45. The highest BCUT2D eigenvalue weighted by Crippen LogP contribution is 2.22. The summed E-state index contributed by atoms with van der Waals surface area (Å²) in [6, 6.07) is 5.17. The molecule has 18 heavy (non-hydrogen) atoms. The van der Waals surface area contributed by atoms with E-state index in [0.29, 0.717) is 11.0 Å². The highest BCUT2D eigenvalue weighted by Gasteiger charge is 2.21. The van der Waals surface area contributed by atoms with Crippen molar-refractivity contribution in [3.63, 3.8) is 0 Å². The van der Waals surface area contributed by atoms with Crippen LogP contribution in [0.3, 0.4) is 0 Å².